The number of benzene rings is 2. The Morgan fingerprint density at radius 1 is 1.05 bits per heavy atom. The minimum Gasteiger partial charge on any atom is -0.298 e. The average molecular weight is 326 g/mol. The van der Waals surface area contributed by atoms with Gasteiger partial charge in [0.2, 0.25) is 0 Å². The van der Waals surface area contributed by atoms with Crippen LogP contribution in [0.4, 0.5) is 8.78 Å². The van der Waals surface area contributed by atoms with Crippen LogP contribution in [-0.2, 0) is 13.1 Å². The van der Waals surface area contributed by atoms with Gasteiger partial charge in [0.15, 0.2) is 0 Å². The molecule has 1 nitrogen and oxygen atoms in total. The Bertz CT molecular complexity index is 572. The molecule has 0 aliphatic carbocycles. The molecule has 0 amide bonds. The molecular weight excluding hydrogens is 312 g/mol. The Kier molecular flexibility index (Phi) is 4.66. The number of nitrogens with zero attached hydrogens (tertiary/aromatic N) is 1. The lowest BCUT2D eigenvalue weighted by atomic mass is 10.1. The van der Waals surface area contributed by atoms with Crippen molar-refractivity contribution in [2.45, 2.75) is 13.1 Å². The maximum Gasteiger partial charge on any atom is 0.128 e. The molecular formula is C15H14BrF2N. The van der Waals surface area contributed by atoms with Crippen molar-refractivity contribution in [3.63, 3.8) is 0 Å². The second kappa shape index (κ2) is 6.26. The van der Waals surface area contributed by atoms with Crippen LogP contribution >= 0.6 is 15.9 Å². The van der Waals surface area contributed by atoms with Gasteiger partial charge in [-0.05, 0) is 36.9 Å². The molecule has 0 N–H and O–H groups in total. The van der Waals surface area contributed by atoms with Gasteiger partial charge in [-0.2, -0.15) is 0 Å². The summed E-state index contributed by atoms with van der Waals surface area (Å²) in [6.07, 6.45) is 0. The third-order valence-electron chi connectivity index (χ3n) is 2.80. The summed E-state index contributed by atoms with van der Waals surface area (Å²) >= 11 is 3.23. The van der Waals surface area contributed by atoms with E-state index in [1.54, 1.807) is 12.1 Å². The summed E-state index contributed by atoms with van der Waals surface area (Å²) in [5.41, 5.74) is 1.50. The van der Waals surface area contributed by atoms with E-state index < -0.39 is 0 Å². The Labute approximate surface area is 120 Å². The van der Waals surface area contributed by atoms with E-state index in [0.717, 1.165) is 10.0 Å². The summed E-state index contributed by atoms with van der Waals surface area (Å²) in [4.78, 5) is 1.95. The molecule has 2 aromatic rings. The molecule has 4 heteroatoms. The number of halogens is 3. The SMILES string of the molecule is CN(Cc1cccc(F)c1)Cc1ccc(Br)cc1F. The van der Waals surface area contributed by atoms with Gasteiger partial charge in [0, 0.05) is 23.1 Å². The second-order valence-electron chi connectivity index (χ2n) is 4.54. The van der Waals surface area contributed by atoms with Gasteiger partial charge < -0.3 is 0 Å². The van der Waals surface area contributed by atoms with E-state index in [-0.39, 0.29) is 11.6 Å². The summed E-state index contributed by atoms with van der Waals surface area (Å²) in [7, 11) is 1.88. The Morgan fingerprint density at radius 2 is 1.84 bits per heavy atom. The molecule has 2 rings (SSSR count). The quantitative estimate of drug-likeness (QED) is 0.807. The highest BCUT2D eigenvalue weighted by atomic mass is 79.9. The van der Waals surface area contributed by atoms with Crippen molar-refractivity contribution >= 4 is 15.9 Å². The monoisotopic (exact) mass is 325 g/mol. The molecule has 0 saturated heterocycles. The zero-order chi connectivity index (χ0) is 13.8. The third kappa shape index (κ3) is 4.11. The standard InChI is InChI=1S/C15H14BrF2N/c1-19(9-11-3-2-4-14(17)7-11)10-12-5-6-13(16)8-15(12)18/h2-8H,9-10H2,1H3. The number of rotatable bonds is 4. The van der Waals surface area contributed by atoms with Crippen LogP contribution in [0, 0.1) is 11.6 Å². The van der Waals surface area contributed by atoms with Crippen molar-refractivity contribution in [1.82, 2.24) is 4.90 Å². The Balaban J connectivity index is 2.03. The second-order valence-corrected chi connectivity index (χ2v) is 5.45. The van der Waals surface area contributed by atoms with Crippen molar-refractivity contribution in [2.24, 2.45) is 0 Å². The van der Waals surface area contributed by atoms with Crippen LogP contribution < -0.4 is 0 Å². The highest BCUT2D eigenvalue weighted by Gasteiger charge is 2.07. The van der Waals surface area contributed by atoms with E-state index in [1.807, 2.05) is 24.1 Å². The van der Waals surface area contributed by atoms with E-state index in [9.17, 15) is 8.78 Å². The first kappa shape index (κ1) is 14.2. The first-order valence-electron chi connectivity index (χ1n) is 5.91. The minimum absolute atomic E-state index is 0.236. The van der Waals surface area contributed by atoms with Crippen molar-refractivity contribution in [2.75, 3.05) is 7.05 Å². The molecule has 0 aliphatic heterocycles. The van der Waals surface area contributed by atoms with E-state index in [2.05, 4.69) is 15.9 Å². The van der Waals surface area contributed by atoms with Crippen LogP contribution in [0.25, 0.3) is 0 Å². The molecule has 2 aromatic carbocycles. The zero-order valence-corrected chi connectivity index (χ0v) is 12.1. The van der Waals surface area contributed by atoms with Crippen molar-refractivity contribution in [1.29, 1.82) is 0 Å². The van der Waals surface area contributed by atoms with E-state index >= 15 is 0 Å². The van der Waals surface area contributed by atoms with Gasteiger partial charge in [0.1, 0.15) is 11.6 Å². The summed E-state index contributed by atoms with van der Waals surface area (Å²) in [6.45, 7) is 1.06. The smallest absolute Gasteiger partial charge is 0.128 e. The fourth-order valence-electron chi connectivity index (χ4n) is 1.94. The molecule has 0 aliphatic rings. The van der Waals surface area contributed by atoms with Gasteiger partial charge in [-0.3, -0.25) is 4.90 Å². The maximum atomic E-state index is 13.7. The van der Waals surface area contributed by atoms with Gasteiger partial charge in [-0.25, -0.2) is 8.78 Å². The third-order valence-corrected chi connectivity index (χ3v) is 3.29. The lowest BCUT2D eigenvalue weighted by Crippen LogP contribution is -2.18. The predicted octanol–water partition coefficient (Wildman–Crippen LogP) is 4.36. The molecule has 0 unspecified atom stereocenters. The van der Waals surface area contributed by atoms with Crippen LogP contribution in [0.2, 0.25) is 0 Å². The normalized spacial score (nSPS) is 11.0. The summed E-state index contributed by atoms with van der Waals surface area (Å²) in [5.74, 6) is -0.485. The lowest BCUT2D eigenvalue weighted by molar-refractivity contribution is 0.313. The Morgan fingerprint density at radius 3 is 2.53 bits per heavy atom. The molecule has 0 heterocycles. The molecule has 19 heavy (non-hydrogen) atoms. The van der Waals surface area contributed by atoms with Crippen LogP contribution in [0.1, 0.15) is 11.1 Å². The van der Waals surface area contributed by atoms with Crippen molar-refractivity contribution in [3.8, 4) is 0 Å². The van der Waals surface area contributed by atoms with E-state index in [1.165, 1.54) is 18.2 Å². The molecule has 0 spiro atoms. The maximum absolute atomic E-state index is 13.7. The van der Waals surface area contributed by atoms with Gasteiger partial charge in [0.05, 0.1) is 0 Å². The van der Waals surface area contributed by atoms with Gasteiger partial charge >= 0.3 is 0 Å². The topological polar surface area (TPSA) is 3.24 Å². The highest BCUT2D eigenvalue weighted by molar-refractivity contribution is 9.10. The summed E-state index contributed by atoms with van der Waals surface area (Å²) < 4.78 is 27.5. The van der Waals surface area contributed by atoms with Gasteiger partial charge in [-0.1, -0.05) is 34.1 Å². The van der Waals surface area contributed by atoms with Crippen molar-refractivity contribution in [3.05, 3.63) is 69.7 Å². The summed E-state index contributed by atoms with van der Waals surface area (Å²) in [6, 6.07) is 11.5. The van der Waals surface area contributed by atoms with Gasteiger partial charge in [-0.15, -0.1) is 0 Å². The first-order valence-corrected chi connectivity index (χ1v) is 6.71. The van der Waals surface area contributed by atoms with E-state index in [4.69, 9.17) is 0 Å². The highest BCUT2D eigenvalue weighted by Crippen LogP contribution is 2.17. The fourth-order valence-corrected chi connectivity index (χ4v) is 2.28. The lowest BCUT2D eigenvalue weighted by Gasteiger charge is -2.17. The molecule has 0 atom stereocenters. The largest absolute Gasteiger partial charge is 0.298 e. The predicted molar refractivity (Wildman–Crippen MR) is 75.7 cm³/mol. The fraction of sp³-hybridized carbons (Fsp3) is 0.200. The molecule has 0 fully saturated rings. The zero-order valence-electron chi connectivity index (χ0n) is 10.5. The van der Waals surface area contributed by atoms with Crippen LogP contribution in [0.5, 0.6) is 0 Å². The summed E-state index contributed by atoms with van der Waals surface area (Å²) in [5, 5.41) is 0. The molecule has 0 aromatic heterocycles. The van der Waals surface area contributed by atoms with Crippen LogP contribution in [-0.4, -0.2) is 11.9 Å². The number of hydrogen-bond acceptors (Lipinski definition) is 1. The van der Waals surface area contributed by atoms with E-state index in [0.29, 0.717) is 18.7 Å². The first-order chi connectivity index (χ1) is 9.04. The van der Waals surface area contributed by atoms with Crippen molar-refractivity contribution < 1.29 is 8.78 Å². The van der Waals surface area contributed by atoms with Gasteiger partial charge in [0.25, 0.3) is 0 Å². The van der Waals surface area contributed by atoms with Crippen LogP contribution in [0.3, 0.4) is 0 Å². The number of hydrogen-bond donors (Lipinski definition) is 0. The average Bonchev–Trinajstić information content (AvgIpc) is 2.33. The molecule has 0 bridgehead atoms. The molecule has 100 valence electrons. The molecule has 0 radical (unpaired) electrons. The minimum atomic E-state index is -0.249. The van der Waals surface area contributed by atoms with Crippen LogP contribution in [0.15, 0.2) is 46.9 Å². The molecule has 0 saturated carbocycles. The Hall–Kier alpha value is -1.26.